The maximum absolute atomic E-state index is 13.0. The highest BCUT2D eigenvalue weighted by Gasteiger charge is 2.37. The van der Waals surface area contributed by atoms with E-state index in [1.54, 1.807) is 0 Å². The van der Waals surface area contributed by atoms with Gasteiger partial charge in [0, 0.05) is 32.1 Å². The molecule has 0 aromatic heterocycles. The lowest BCUT2D eigenvalue weighted by Crippen LogP contribution is -2.57. The zero-order valence-corrected chi connectivity index (χ0v) is 15.5. The monoisotopic (exact) mass is 343 g/mol. The minimum absolute atomic E-state index is 0.105. The third-order valence-electron chi connectivity index (χ3n) is 5.49. The molecule has 0 radical (unpaired) electrons. The van der Waals surface area contributed by atoms with Gasteiger partial charge in [-0.3, -0.25) is 14.5 Å². The molecule has 2 aliphatic heterocycles. The Bertz CT molecular complexity index is 628. The Kier molecular flexibility index (Phi) is 5.42. The summed E-state index contributed by atoms with van der Waals surface area (Å²) in [6, 6.07) is 8.53. The van der Waals surface area contributed by atoms with E-state index in [2.05, 4.69) is 17.1 Å². The van der Waals surface area contributed by atoms with Crippen molar-refractivity contribution in [2.45, 2.75) is 58.2 Å². The van der Waals surface area contributed by atoms with Crippen molar-refractivity contribution >= 4 is 11.8 Å². The molecule has 2 heterocycles. The van der Waals surface area contributed by atoms with E-state index in [1.807, 2.05) is 36.1 Å². The zero-order chi connectivity index (χ0) is 18.0. The normalized spacial score (nSPS) is 24.7. The van der Waals surface area contributed by atoms with E-state index in [1.165, 1.54) is 25.3 Å². The third-order valence-corrected chi connectivity index (χ3v) is 5.49. The van der Waals surface area contributed by atoms with E-state index in [0.29, 0.717) is 12.5 Å². The Morgan fingerprint density at radius 1 is 1.24 bits per heavy atom. The fourth-order valence-corrected chi connectivity index (χ4v) is 4.12. The first-order valence-corrected chi connectivity index (χ1v) is 9.31. The molecule has 25 heavy (non-hydrogen) atoms. The molecule has 2 saturated heterocycles. The van der Waals surface area contributed by atoms with Crippen LogP contribution in [0, 0.1) is 6.92 Å². The van der Waals surface area contributed by atoms with Crippen molar-refractivity contribution in [3.05, 3.63) is 35.4 Å². The second-order valence-electron chi connectivity index (χ2n) is 7.55. The number of aryl methyl sites for hydroxylation is 1. The number of piperazine rings is 1. The number of rotatable bonds is 4. The van der Waals surface area contributed by atoms with Crippen LogP contribution in [-0.2, 0) is 9.59 Å². The van der Waals surface area contributed by atoms with Gasteiger partial charge in [0.2, 0.25) is 11.8 Å². The van der Waals surface area contributed by atoms with Gasteiger partial charge < -0.3 is 10.2 Å². The number of fused-ring (bicyclic) bond motifs is 1. The molecular weight excluding hydrogens is 314 g/mol. The summed E-state index contributed by atoms with van der Waals surface area (Å²) in [7, 11) is 0. The Morgan fingerprint density at radius 2 is 1.96 bits per heavy atom. The van der Waals surface area contributed by atoms with Crippen molar-refractivity contribution in [1.29, 1.82) is 0 Å². The molecule has 136 valence electrons. The first-order chi connectivity index (χ1) is 11.9. The van der Waals surface area contributed by atoms with Crippen molar-refractivity contribution < 1.29 is 9.59 Å². The molecule has 0 aliphatic carbocycles. The summed E-state index contributed by atoms with van der Waals surface area (Å²) in [6.45, 7) is 8.61. The van der Waals surface area contributed by atoms with E-state index >= 15 is 0 Å². The van der Waals surface area contributed by atoms with Gasteiger partial charge in [-0.05, 0) is 38.8 Å². The number of nitrogens with zero attached hydrogens (tertiary/aromatic N) is 2. The van der Waals surface area contributed by atoms with Crippen molar-refractivity contribution in [3.63, 3.8) is 0 Å². The maximum atomic E-state index is 13.0. The van der Waals surface area contributed by atoms with Crippen molar-refractivity contribution in [2.24, 2.45) is 0 Å². The molecule has 2 aliphatic rings. The molecule has 5 heteroatoms. The number of hydrogen-bond acceptors (Lipinski definition) is 3. The molecule has 1 aromatic carbocycles. The van der Waals surface area contributed by atoms with E-state index < -0.39 is 0 Å². The van der Waals surface area contributed by atoms with Crippen LogP contribution in [0.3, 0.4) is 0 Å². The molecule has 3 unspecified atom stereocenters. The molecule has 0 bridgehead atoms. The van der Waals surface area contributed by atoms with E-state index in [9.17, 15) is 9.59 Å². The van der Waals surface area contributed by atoms with Gasteiger partial charge in [0.1, 0.15) is 0 Å². The van der Waals surface area contributed by atoms with Gasteiger partial charge in [-0.1, -0.05) is 29.8 Å². The van der Waals surface area contributed by atoms with Gasteiger partial charge in [0.15, 0.2) is 0 Å². The highest BCUT2D eigenvalue weighted by molar-refractivity contribution is 5.79. The molecular formula is C20H29N3O2. The summed E-state index contributed by atoms with van der Waals surface area (Å²) < 4.78 is 0. The van der Waals surface area contributed by atoms with Gasteiger partial charge in [-0.15, -0.1) is 0 Å². The first kappa shape index (κ1) is 17.9. The number of hydrogen-bond donors (Lipinski definition) is 1. The van der Waals surface area contributed by atoms with Crippen LogP contribution in [0.15, 0.2) is 24.3 Å². The second kappa shape index (κ2) is 7.56. The number of amides is 2. The number of carbonyl (C=O) groups is 2. The van der Waals surface area contributed by atoms with Crippen molar-refractivity contribution in [3.8, 4) is 0 Å². The highest BCUT2D eigenvalue weighted by Crippen LogP contribution is 2.26. The van der Waals surface area contributed by atoms with E-state index in [4.69, 9.17) is 0 Å². The topological polar surface area (TPSA) is 52.7 Å². The molecule has 5 nitrogen and oxygen atoms in total. The SMILES string of the molecule is CC(=O)NC(CC(=O)N1CC2CCCN2CC1C)c1ccc(C)cc1. The highest BCUT2D eigenvalue weighted by atomic mass is 16.2. The Labute approximate surface area is 150 Å². The summed E-state index contributed by atoms with van der Waals surface area (Å²) >= 11 is 0. The average Bonchev–Trinajstić information content (AvgIpc) is 3.00. The van der Waals surface area contributed by atoms with Crippen LogP contribution in [0.2, 0.25) is 0 Å². The largest absolute Gasteiger partial charge is 0.349 e. The van der Waals surface area contributed by atoms with Crippen molar-refractivity contribution in [1.82, 2.24) is 15.1 Å². The lowest BCUT2D eigenvalue weighted by Gasteiger charge is -2.42. The Balaban J connectivity index is 1.71. The molecule has 1 aromatic rings. The number of nitrogens with one attached hydrogen (secondary N) is 1. The zero-order valence-electron chi connectivity index (χ0n) is 15.5. The van der Waals surface area contributed by atoms with Gasteiger partial charge in [0.05, 0.1) is 12.5 Å². The van der Waals surface area contributed by atoms with Crippen LogP contribution in [-0.4, -0.2) is 53.3 Å². The fourth-order valence-electron chi connectivity index (χ4n) is 4.12. The van der Waals surface area contributed by atoms with Crippen LogP contribution in [0.1, 0.15) is 50.3 Å². The summed E-state index contributed by atoms with van der Waals surface area (Å²) in [4.78, 5) is 29.1. The summed E-state index contributed by atoms with van der Waals surface area (Å²) in [6.07, 6.45) is 2.74. The minimum Gasteiger partial charge on any atom is -0.349 e. The molecule has 2 amide bonds. The maximum Gasteiger partial charge on any atom is 0.225 e. The number of carbonyl (C=O) groups excluding carboxylic acids is 2. The summed E-state index contributed by atoms with van der Waals surface area (Å²) in [5.41, 5.74) is 2.16. The summed E-state index contributed by atoms with van der Waals surface area (Å²) in [5.74, 6) is 0.0328. The van der Waals surface area contributed by atoms with E-state index in [0.717, 1.165) is 25.2 Å². The predicted octanol–water partition coefficient (Wildman–Crippen LogP) is 2.26. The smallest absolute Gasteiger partial charge is 0.225 e. The molecule has 3 atom stereocenters. The van der Waals surface area contributed by atoms with Crippen LogP contribution in [0.4, 0.5) is 0 Å². The predicted molar refractivity (Wildman–Crippen MR) is 98.1 cm³/mol. The molecule has 2 fully saturated rings. The standard InChI is InChI=1S/C20H29N3O2/c1-14-6-8-17(9-7-14)19(21-16(3)24)11-20(25)23-13-18-5-4-10-22(18)12-15(23)2/h6-9,15,18-19H,4-5,10-13H2,1-3H3,(H,21,24). The first-order valence-electron chi connectivity index (χ1n) is 9.31. The average molecular weight is 343 g/mol. The Morgan fingerprint density at radius 3 is 2.64 bits per heavy atom. The third kappa shape index (κ3) is 4.21. The van der Waals surface area contributed by atoms with Crippen LogP contribution in [0.25, 0.3) is 0 Å². The summed E-state index contributed by atoms with van der Waals surface area (Å²) in [5, 5.41) is 2.95. The van der Waals surface area contributed by atoms with E-state index in [-0.39, 0.29) is 23.9 Å². The van der Waals surface area contributed by atoms with Gasteiger partial charge in [-0.2, -0.15) is 0 Å². The Hall–Kier alpha value is -1.88. The molecule has 3 rings (SSSR count). The van der Waals surface area contributed by atoms with Crippen LogP contribution >= 0.6 is 0 Å². The second-order valence-corrected chi connectivity index (χ2v) is 7.55. The van der Waals surface area contributed by atoms with Gasteiger partial charge in [-0.25, -0.2) is 0 Å². The quantitative estimate of drug-likeness (QED) is 0.912. The number of benzene rings is 1. The molecule has 0 spiro atoms. The molecule has 1 N–H and O–H groups in total. The van der Waals surface area contributed by atoms with Gasteiger partial charge in [0.25, 0.3) is 0 Å². The van der Waals surface area contributed by atoms with Crippen molar-refractivity contribution in [2.75, 3.05) is 19.6 Å². The van der Waals surface area contributed by atoms with Crippen LogP contribution < -0.4 is 5.32 Å². The fraction of sp³-hybridized carbons (Fsp3) is 0.600. The molecule has 0 saturated carbocycles. The lowest BCUT2D eigenvalue weighted by molar-refractivity contribution is -0.137. The van der Waals surface area contributed by atoms with Gasteiger partial charge >= 0.3 is 0 Å². The van der Waals surface area contributed by atoms with Crippen LogP contribution in [0.5, 0.6) is 0 Å². The lowest BCUT2D eigenvalue weighted by atomic mass is 10.00. The minimum atomic E-state index is -0.264.